The Hall–Kier alpha value is -1.23. The first-order valence-corrected chi connectivity index (χ1v) is 8.12. The Morgan fingerprint density at radius 3 is 2.48 bits per heavy atom. The molecule has 118 valence electrons. The number of imide groups is 1. The molecule has 1 heterocycles. The van der Waals surface area contributed by atoms with E-state index in [-0.39, 0.29) is 38.3 Å². The lowest BCUT2D eigenvalue weighted by atomic mass is 10.4. The minimum atomic E-state index is -0.722. The lowest BCUT2D eigenvalue weighted by Gasteiger charge is -2.16. The maximum absolute atomic E-state index is 11.6. The van der Waals surface area contributed by atoms with E-state index in [4.69, 9.17) is 0 Å². The van der Waals surface area contributed by atoms with E-state index in [1.807, 2.05) is 11.8 Å². The van der Waals surface area contributed by atoms with Crippen LogP contribution in [0.1, 0.15) is 26.2 Å². The Labute approximate surface area is 136 Å². The number of halogens is 1. The molecule has 9 heteroatoms. The number of carbonyl (C=O) groups is 4. The van der Waals surface area contributed by atoms with Crippen molar-refractivity contribution < 1.29 is 24.0 Å². The monoisotopic (exact) mass is 411 g/mol. The van der Waals surface area contributed by atoms with Gasteiger partial charge in [-0.1, -0.05) is 29.5 Å². The third-order valence-corrected chi connectivity index (χ3v) is 3.80. The molecule has 0 unspecified atom stereocenters. The summed E-state index contributed by atoms with van der Waals surface area (Å²) in [5.41, 5.74) is 0. The van der Waals surface area contributed by atoms with Gasteiger partial charge in [0.25, 0.3) is 11.8 Å². The quantitative estimate of drug-likeness (QED) is 0.258. The van der Waals surface area contributed by atoms with Crippen molar-refractivity contribution >= 4 is 46.3 Å². The summed E-state index contributed by atoms with van der Waals surface area (Å²) in [6, 6.07) is 0. The second kappa shape index (κ2) is 8.93. The minimum absolute atomic E-state index is 0.0615. The van der Waals surface area contributed by atoms with Gasteiger partial charge >= 0.3 is 5.97 Å². The third-order valence-electron chi connectivity index (χ3n) is 2.83. The fourth-order valence-corrected chi connectivity index (χ4v) is 2.33. The SMILES string of the molecule is CCN(CI)CC(=O)NCCC(=O)ON1C(=O)CCC1=O. The summed E-state index contributed by atoms with van der Waals surface area (Å²) in [6.07, 6.45) is 0.0250. The third kappa shape index (κ3) is 5.96. The van der Waals surface area contributed by atoms with Crippen LogP contribution < -0.4 is 5.32 Å². The summed E-state index contributed by atoms with van der Waals surface area (Å²) < 4.78 is 0.739. The Balaban J connectivity index is 2.23. The summed E-state index contributed by atoms with van der Waals surface area (Å²) in [4.78, 5) is 52.1. The summed E-state index contributed by atoms with van der Waals surface area (Å²) in [6.45, 7) is 3.08. The second-order valence-electron chi connectivity index (χ2n) is 4.41. The van der Waals surface area contributed by atoms with Crippen molar-refractivity contribution in [2.24, 2.45) is 0 Å². The first-order valence-electron chi connectivity index (χ1n) is 6.59. The van der Waals surface area contributed by atoms with Gasteiger partial charge in [0.05, 0.1) is 17.5 Å². The molecule has 0 aliphatic carbocycles. The molecule has 0 aromatic heterocycles. The average molecular weight is 411 g/mol. The number of hydrogen-bond donors (Lipinski definition) is 1. The topological polar surface area (TPSA) is 96.0 Å². The van der Waals surface area contributed by atoms with Gasteiger partial charge in [-0.3, -0.25) is 19.3 Å². The molecule has 21 heavy (non-hydrogen) atoms. The molecule has 0 saturated carbocycles. The highest BCUT2D eigenvalue weighted by Gasteiger charge is 2.32. The molecule has 0 aromatic carbocycles. The highest BCUT2D eigenvalue weighted by molar-refractivity contribution is 14.1. The number of nitrogens with zero attached hydrogens (tertiary/aromatic N) is 2. The van der Waals surface area contributed by atoms with E-state index in [0.29, 0.717) is 5.06 Å². The average Bonchev–Trinajstić information content (AvgIpc) is 2.76. The summed E-state index contributed by atoms with van der Waals surface area (Å²) in [7, 11) is 0. The smallest absolute Gasteiger partial charge is 0.334 e. The molecule has 1 aliphatic heterocycles. The van der Waals surface area contributed by atoms with E-state index in [2.05, 4.69) is 32.7 Å². The number of rotatable bonds is 8. The maximum atomic E-state index is 11.6. The van der Waals surface area contributed by atoms with E-state index in [9.17, 15) is 19.2 Å². The van der Waals surface area contributed by atoms with E-state index < -0.39 is 17.8 Å². The predicted octanol–water partition coefficient (Wildman–Crippen LogP) is -0.186. The van der Waals surface area contributed by atoms with E-state index >= 15 is 0 Å². The summed E-state index contributed by atoms with van der Waals surface area (Å²) in [5.74, 6) is -1.94. The molecule has 3 amide bonds. The highest BCUT2D eigenvalue weighted by atomic mass is 127. The van der Waals surface area contributed by atoms with Gasteiger partial charge in [0.2, 0.25) is 5.91 Å². The van der Waals surface area contributed by atoms with Crippen molar-refractivity contribution in [3.05, 3.63) is 0 Å². The van der Waals surface area contributed by atoms with Crippen LogP contribution in [0.25, 0.3) is 0 Å². The highest BCUT2D eigenvalue weighted by Crippen LogP contribution is 2.12. The van der Waals surface area contributed by atoms with Crippen molar-refractivity contribution in [3.8, 4) is 0 Å². The molecule has 0 radical (unpaired) electrons. The first kappa shape index (κ1) is 17.8. The molecule has 1 fully saturated rings. The Morgan fingerprint density at radius 2 is 1.95 bits per heavy atom. The Bertz CT molecular complexity index is 409. The molecule has 1 rings (SSSR count). The molecule has 1 aliphatic rings. The number of alkyl halides is 1. The number of hydroxylamine groups is 2. The van der Waals surface area contributed by atoms with Crippen LogP contribution in [0, 0.1) is 0 Å². The van der Waals surface area contributed by atoms with Crippen LogP contribution in [0.4, 0.5) is 0 Å². The van der Waals surface area contributed by atoms with Gasteiger partial charge in [-0.15, -0.1) is 5.06 Å². The van der Waals surface area contributed by atoms with Gasteiger partial charge in [-0.2, -0.15) is 0 Å². The molecule has 1 saturated heterocycles. The van der Waals surface area contributed by atoms with Gasteiger partial charge in [-0.25, -0.2) is 4.79 Å². The van der Waals surface area contributed by atoms with Crippen molar-refractivity contribution in [2.75, 3.05) is 24.2 Å². The van der Waals surface area contributed by atoms with Crippen molar-refractivity contribution in [2.45, 2.75) is 26.2 Å². The fourth-order valence-electron chi connectivity index (χ4n) is 1.61. The van der Waals surface area contributed by atoms with E-state index in [1.165, 1.54) is 0 Å². The lowest BCUT2D eigenvalue weighted by Crippen LogP contribution is -2.38. The number of hydrogen-bond acceptors (Lipinski definition) is 6. The maximum Gasteiger partial charge on any atom is 0.334 e. The molecule has 0 atom stereocenters. The van der Waals surface area contributed by atoms with Gasteiger partial charge in [0.1, 0.15) is 0 Å². The zero-order chi connectivity index (χ0) is 15.8. The molecule has 8 nitrogen and oxygen atoms in total. The zero-order valence-corrected chi connectivity index (χ0v) is 13.9. The summed E-state index contributed by atoms with van der Waals surface area (Å²) in [5, 5.41) is 3.09. The molecule has 0 aromatic rings. The number of nitrogens with one attached hydrogen (secondary N) is 1. The largest absolute Gasteiger partial charge is 0.354 e. The van der Waals surface area contributed by atoms with Crippen molar-refractivity contribution in [1.82, 2.24) is 15.3 Å². The van der Waals surface area contributed by atoms with Crippen molar-refractivity contribution in [1.29, 1.82) is 0 Å². The van der Waals surface area contributed by atoms with Crippen LogP contribution in [-0.4, -0.2) is 57.8 Å². The minimum Gasteiger partial charge on any atom is -0.354 e. The lowest BCUT2D eigenvalue weighted by molar-refractivity contribution is -0.197. The van der Waals surface area contributed by atoms with Crippen LogP contribution in [0.5, 0.6) is 0 Å². The standard InChI is InChI=1S/C12H18IN3O5/c1-2-15(8-13)7-9(17)14-6-5-12(20)21-16-10(18)3-4-11(16)19/h2-8H2,1H3,(H,14,17). The van der Waals surface area contributed by atoms with Gasteiger partial charge in [-0.05, 0) is 6.54 Å². The van der Waals surface area contributed by atoms with Crippen LogP contribution in [-0.2, 0) is 24.0 Å². The van der Waals surface area contributed by atoms with Crippen LogP contribution in [0.2, 0.25) is 0 Å². The molecule has 1 N–H and O–H groups in total. The van der Waals surface area contributed by atoms with Crippen LogP contribution in [0.15, 0.2) is 0 Å². The van der Waals surface area contributed by atoms with E-state index in [0.717, 1.165) is 11.1 Å². The number of amides is 3. The van der Waals surface area contributed by atoms with Gasteiger partial charge < -0.3 is 10.2 Å². The summed E-state index contributed by atoms with van der Waals surface area (Å²) >= 11 is 2.16. The zero-order valence-electron chi connectivity index (χ0n) is 11.8. The number of likely N-dealkylation sites (N-methyl/N-ethyl adjacent to an activating group) is 1. The van der Waals surface area contributed by atoms with Gasteiger partial charge in [0, 0.05) is 19.4 Å². The predicted molar refractivity (Wildman–Crippen MR) is 80.9 cm³/mol. The molecule has 0 spiro atoms. The van der Waals surface area contributed by atoms with Gasteiger partial charge in [0.15, 0.2) is 0 Å². The molecular formula is C12H18IN3O5. The molecular weight excluding hydrogens is 393 g/mol. The molecule has 0 bridgehead atoms. The van der Waals surface area contributed by atoms with Crippen molar-refractivity contribution in [3.63, 3.8) is 0 Å². The van der Waals surface area contributed by atoms with Crippen LogP contribution >= 0.6 is 22.6 Å². The first-order chi connectivity index (χ1) is 9.97. The van der Waals surface area contributed by atoms with Crippen LogP contribution in [0.3, 0.4) is 0 Å². The normalized spacial score (nSPS) is 14.7. The Morgan fingerprint density at radius 1 is 1.33 bits per heavy atom. The Kier molecular flexibility index (Phi) is 7.57. The number of carbonyl (C=O) groups excluding carboxylic acids is 4. The second-order valence-corrected chi connectivity index (χ2v) is 5.09. The fraction of sp³-hybridized carbons (Fsp3) is 0.667. The van der Waals surface area contributed by atoms with E-state index in [1.54, 1.807) is 0 Å².